The van der Waals surface area contributed by atoms with E-state index >= 15 is 0 Å². The summed E-state index contributed by atoms with van der Waals surface area (Å²) in [5.74, 6) is -0.768. The molecule has 0 bridgehead atoms. The number of aryl methyl sites for hydroxylation is 1. The fourth-order valence-corrected chi connectivity index (χ4v) is 1.70. The lowest BCUT2D eigenvalue weighted by Gasteiger charge is -2.11. The number of nitrogens with zero attached hydrogens (tertiary/aromatic N) is 2. The van der Waals surface area contributed by atoms with Crippen LogP contribution in [0, 0.1) is 12.7 Å². The third-order valence-electron chi connectivity index (χ3n) is 2.85. The van der Waals surface area contributed by atoms with Crippen LogP contribution >= 0.6 is 0 Å². The van der Waals surface area contributed by atoms with Gasteiger partial charge in [0.2, 0.25) is 0 Å². The fourth-order valence-electron chi connectivity index (χ4n) is 1.70. The summed E-state index contributed by atoms with van der Waals surface area (Å²) in [5, 5.41) is 9.22. The van der Waals surface area contributed by atoms with Crippen molar-refractivity contribution in [1.82, 2.24) is 9.97 Å². The minimum atomic E-state index is -1.20. The van der Waals surface area contributed by atoms with Gasteiger partial charge >= 0.3 is 5.97 Å². The second-order valence-corrected chi connectivity index (χ2v) is 4.91. The van der Waals surface area contributed by atoms with E-state index < -0.39 is 5.97 Å². The molecule has 0 aliphatic carbocycles. The third kappa shape index (κ3) is 3.34. The van der Waals surface area contributed by atoms with Crippen LogP contribution < -0.4 is 4.74 Å². The highest BCUT2D eigenvalue weighted by Crippen LogP contribution is 2.26. The molecule has 1 heterocycles. The van der Waals surface area contributed by atoms with Crippen molar-refractivity contribution in [1.29, 1.82) is 0 Å². The summed E-state index contributed by atoms with van der Waals surface area (Å²) >= 11 is 0. The van der Waals surface area contributed by atoms with Crippen LogP contribution in [-0.4, -0.2) is 21.0 Å². The summed E-state index contributed by atoms with van der Waals surface area (Å²) in [5.41, 5.74) is 0.194. The molecule has 0 atom stereocenters. The summed E-state index contributed by atoms with van der Waals surface area (Å²) in [6.45, 7) is 5.33. The van der Waals surface area contributed by atoms with Crippen molar-refractivity contribution in [3.63, 3.8) is 0 Å². The molecule has 0 amide bonds. The second kappa shape index (κ2) is 5.87. The third-order valence-corrected chi connectivity index (χ3v) is 2.85. The maximum atomic E-state index is 13.2. The highest BCUT2D eigenvalue weighted by atomic mass is 19.1. The lowest BCUT2D eigenvalue weighted by molar-refractivity contribution is 0.0686. The molecule has 110 valence electrons. The molecular formula is C15H15FN2O3. The number of benzene rings is 1. The first-order valence-electron chi connectivity index (χ1n) is 6.42. The first-order valence-corrected chi connectivity index (χ1v) is 6.42. The first kappa shape index (κ1) is 14.9. The molecule has 0 spiro atoms. The topological polar surface area (TPSA) is 72.3 Å². The van der Waals surface area contributed by atoms with Gasteiger partial charge in [0.1, 0.15) is 17.4 Å². The Morgan fingerprint density at radius 3 is 2.67 bits per heavy atom. The molecule has 2 rings (SSSR count). The van der Waals surface area contributed by atoms with E-state index in [2.05, 4.69) is 9.97 Å². The molecule has 0 radical (unpaired) electrons. The van der Waals surface area contributed by atoms with Crippen LogP contribution in [-0.2, 0) is 0 Å². The van der Waals surface area contributed by atoms with Gasteiger partial charge in [-0.15, -0.1) is 0 Å². The van der Waals surface area contributed by atoms with Gasteiger partial charge in [-0.3, -0.25) is 0 Å². The minimum absolute atomic E-state index is 0.00483. The van der Waals surface area contributed by atoms with Crippen molar-refractivity contribution < 1.29 is 19.0 Å². The van der Waals surface area contributed by atoms with Gasteiger partial charge in [-0.1, -0.05) is 13.8 Å². The van der Waals surface area contributed by atoms with Crippen LogP contribution in [0.4, 0.5) is 4.39 Å². The van der Waals surface area contributed by atoms with Crippen LogP contribution in [0.2, 0.25) is 0 Å². The lowest BCUT2D eigenvalue weighted by Crippen LogP contribution is -2.08. The van der Waals surface area contributed by atoms with E-state index in [-0.39, 0.29) is 23.2 Å². The average molecular weight is 290 g/mol. The SMILES string of the molecule is Cc1cc(Oc2cnc(C(C)C)nc2C(=O)O)ccc1F. The highest BCUT2D eigenvalue weighted by Gasteiger charge is 2.17. The Hall–Kier alpha value is -2.50. The van der Waals surface area contributed by atoms with Gasteiger partial charge in [0, 0.05) is 5.92 Å². The summed E-state index contributed by atoms with van der Waals surface area (Å²) < 4.78 is 18.7. The Kier molecular flexibility index (Phi) is 4.16. The molecule has 0 aliphatic heterocycles. The van der Waals surface area contributed by atoms with Gasteiger partial charge in [-0.2, -0.15) is 0 Å². The highest BCUT2D eigenvalue weighted by molar-refractivity contribution is 5.88. The Morgan fingerprint density at radius 2 is 2.10 bits per heavy atom. The van der Waals surface area contributed by atoms with E-state index in [0.717, 1.165) is 0 Å². The zero-order chi connectivity index (χ0) is 15.6. The molecule has 0 fully saturated rings. The van der Waals surface area contributed by atoms with Crippen molar-refractivity contribution in [3.8, 4) is 11.5 Å². The number of halogens is 1. The van der Waals surface area contributed by atoms with Crippen molar-refractivity contribution in [2.75, 3.05) is 0 Å². The van der Waals surface area contributed by atoms with Gasteiger partial charge < -0.3 is 9.84 Å². The zero-order valence-electron chi connectivity index (χ0n) is 11.9. The van der Waals surface area contributed by atoms with Gasteiger partial charge in [0.15, 0.2) is 11.4 Å². The number of carboxylic acid groups (broad SMARTS) is 1. The van der Waals surface area contributed by atoms with Crippen LogP contribution in [0.3, 0.4) is 0 Å². The monoisotopic (exact) mass is 290 g/mol. The smallest absolute Gasteiger partial charge is 0.358 e. The Bertz CT molecular complexity index is 687. The quantitative estimate of drug-likeness (QED) is 0.932. The number of carbonyl (C=O) groups is 1. The van der Waals surface area contributed by atoms with Gasteiger partial charge in [0.05, 0.1) is 6.20 Å². The molecule has 21 heavy (non-hydrogen) atoms. The number of aromatic nitrogens is 2. The average Bonchev–Trinajstić information content (AvgIpc) is 2.43. The minimum Gasteiger partial charge on any atom is -0.476 e. The number of rotatable bonds is 4. The van der Waals surface area contributed by atoms with E-state index in [4.69, 9.17) is 4.74 Å². The molecule has 2 aromatic rings. The van der Waals surface area contributed by atoms with Crippen LogP contribution in [0.5, 0.6) is 11.5 Å². The predicted octanol–water partition coefficient (Wildman–Crippen LogP) is 3.54. The summed E-state index contributed by atoms with van der Waals surface area (Å²) in [4.78, 5) is 19.4. The number of hydrogen-bond donors (Lipinski definition) is 1. The number of aromatic carboxylic acids is 1. The zero-order valence-corrected chi connectivity index (χ0v) is 11.9. The van der Waals surface area contributed by atoms with Gasteiger partial charge in [-0.25, -0.2) is 19.2 Å². The standard InChI is InChI=1S/C15H15FN2O3/c1-8(2)14-17-7-12(13(18-14)15(19)20)21-10-4-5-11(16)9(3)6-10/h4-8H,1-3H3,(H,19,20). The molecule has 0 unspecified atom stereocenters. The number of ether oxygens (including phenoxy) is 1. The van der Waals surface area contributed by atoms with Crippen LogP contribution in [0.15, 0.2) is 24.4 Å². The maximum Gasteiger partial charge on any atom is 0.358 e. The van der Waals surface area contributed by atoms with Crippen molar-refractivity contribution in [2.24, 2.45) is 0 Å². The van der Waals surface area contributed by atoms with E-state index in [1.165, 1.54) is 24.4 Å². The summed E-state index contributed by atoms with van der Waals surface area (Å²) in [6.07, 6.45) is 1.32. The Morgan fingerprint density at radius 1 is 1.38 bits per heavy atom. The fraction of sp³-hybridized carbons (Fsp3) is 0.267. The van der Waals surface area contributed by atoms with E-state index in [1.54, 1.807) is 6.92 Å². The van der Waals surface area contributed by atoms with Gasteiger partial charge in [0.25, 0.3) is 0 Å². The van der Waals surface area contributed by atoms with E-state index in [1.807, 2.05) is 13.8 Å². The van der Waals surface area contributed by atoms with E-state index in [9.17, 15) is 14.3 Å². The molecule has 1 N–H and O–H groups in total. The number of hydrogen-bond acceptors (Lipinski definition) is 4. The lowest BCUT2D eigenvalue weighted by atomic mass is 10.2. The Labute approximate surface area is 121 Å². The molecule has 1 aromatic heterocycles. The summed E-state index contributed by atoms with van der Waals surface area (Å²) in [6, 6.07) is 4.16. The predicted molar refractivity (Wildman–Crippen MR) is 74.3 cm³/mol. The van der Waals surface area contributed by atoms with E-state index in [0.29, 0.717) is 17.1 Å². The first-order chi connectivity index (χ1) is 9.88. The van der Waals surface area contributed by atoms with Crippen molar-refractivity contribution in [3.05, 3.63) is 47.3 Å². The molecule has 0 aliphatic rings. The molecule has 1 aromatic carbocycles. The molecule has 6 heteroatoms. The Balaban J connectivity index is 2.39. The van der Waals surface area contributed by atoms with Crippen LogP contribution in [0.1, 0.15) is 41.6 Å². The largest absolute Gasteiger partial charge is 0.476 e. The van der Waals surface area contributed by atoms with Crippen molar-refractivity contribution >= 4 is 5.97 Å². The second-order valence-electron chi connectivity index (χ2n) is 4.91. The molecule has 0 saturated heterocycles. The number of carboxylic acids is 1. The molecule has 0 saturated carbocycles. The van der Waals surface area contributed by atoms with Crippen molar-refractivity contribution in [2.45, 2.75) is 26.7 Å². The molecule has 5 nitrogen and oxygen atoms in total. The van der Waals surface area contributed by atoms with Crippen LogP contribution in [0.25, 0.3) is 0 Å². The summed E-state index contributed by atoms with van der Waals surface area (Å²) in [7, 11) is 0. The van der Waals surface area contributed by atoms with Gasteiger partial charge in [-0.05, 0) is 30.7 Å². The molecular weight excluding hydrogens is 275 g/mol. The normalized spacial score (nSPS) is 10.7. The maximum absolute atomic E-state index is 13.2.